The van der Waals surface area contributed by atoms with Gasteiger partial charge in [-0.2, -0.15) is 31.3 Å². The molecule has 0 spiro atoms. The number of nitrogens with zero attached hydrogens (tertiary/aromatic N) is 4. The maximum atomic E-state index is 13.3. The number of alkyl halides is 6. The molecule has 1 saturated heterocycles. The van der Waals surface area contributed by atoms with Crippen LogP contribution < -0.4 is 9.64 Å². The molecular weight excluding hydrogens is 634 g/mol. The van der Waals surface area contributed by atoms with Crippen LogP contribution in [0.3, 0.4) is 0 Å². The fraction of sp³-hybridized carbons (Fsp3) is 0.500. The van der Waals surface area contributed by atoms with Gasteiger partial charge in [-0.15, -0.1) is 0 Å². The van der Waals surface area contributed by atoms with Crippen LogP contribution in [0.25, 0.3) is 11.1 Å². The fourth-order valence-electron chi connectivity index (χ4n) is 6.17. The Morgan fingerprint density at radius 2 is 1.52 bits per heavy atom. The lowest BCUT2D eigenvalue weighted by Crippen LogP contribution is -2.45. The largest absolute Gasteiger partial charge is 0.475 e. The summed E-state index contributed by atoms with van der Waals surface area (Å²) in [7, 11) is 1.83. The zero-order valence-corrected chi connectivity index (χ0v) is 28.1. The lowest BCUT2D eigenvalue weighted by atomic mass is 9.95. The Labute approximate surface area is 278 Å². The second-order valence-electron chi connectivity index (χ2n) is 12.4. The summed E-state index contributed by atoms with van der Waals surface area (Å²) in [5.74, 6) is 1.37. The molecule has 0 N–H and O–H groups in total. The Hall–Kier alpha value is -3.80. The molecule has 3 aromatic rings. The summed E-state index contributed by atoms with van der Waals surface area (Å²) in [5.41, 5.74) is 1.08. The number of carbonyl (C=O) groups is 1. The maximum Gasteiger partial charge on any atom is 0.416 e. The van der Waals surface area contributed by atoms with Gasteiger partial charge in [-0.3, -0.25) is 4.79 Å². The van der Waals surface area contributed by atoms with Crippen LogP contribution in [0.15, 0.2) is 48.5 Å². The van der Waals surface area contributed by atoms with Gasteiger partial charge in [0.1, 0.15) is 18.0 Å². The Kier molecular flexibility index (Phi) is 12.0. The lowest BCUT2D eigenvalue weighted by molar-refractivity contribution is -0.143. The number of anilines is 1. The van der Waals surface area contributed by atoms with E-state index in [1.165, 1.54) is 26.3 Å². The van der Waals surface area contributed by atoms with Crippen LogP contribution in [0.4, 0.5) is 32.2 Å². The highest BCUT2D eigenvalue weighted by molar-refractivity contribution is 6.04. The molecule has 0 bridgehead atoms. The molecule has 0 aliphatic carbocycles. The van der Waals surface area contributed by atoms with Crippen LogP contribution in [0.2, 0.25) is 0 Å². The number of pyridine rings is 1. The topological polar surface area (TPSA) is 48.9 Å². The Bertz CT molecular complexity index is 1520. The van der Waals surface area contributed by atoms with Crippen molar-refractivity contribution in [2.75, 3.05) is 51.3 Å². The van der Waals surface area contributed by atoms with E-state index < -0.39 is 23.5 Å². The minimum atomic E-state index is -4.76. The van der Waals surface area contributed by atoms with Crippen molar-refractivity contribution in [1.29, 1.82) is 0 Å². The number of amides is 1. The van der Waals surface area contributed by atoms with E-state index in [9.17, 15) is 31.1 Å². The molecule has 2 aromatic carbocycles. The van der Waals surface area contributed by atoms with Gasteiger partial charge in [0.15, 0.2) is 0 Å². The highest BCUT2D eigenvalue weighted by Crippen LogP contribution is 2.38. The van der Waals surface area contributed by atoms with E-state index in [1.807, 2.05) is 19.2 Å². The number of fused-ring (bicyclic) bond motifs is 1. The summed E-state index contributed by atoms with van der Waals surface area (Å²) >= 11 is 0. The Balaban J connectivity index is 0.000000291. The van der Waals surface area contributed by atoms with Crippen LogP contribution in [0.5, 0.6) is 5.88 Å². The molecule has 5 rings (SSSR count). The van der Waals surface area contributed by atoms with E-state index in [0.29, 0.717) is 42.8 Å². The average Bonchev–Trinajstić information content (AvgIpc) is 3.18. The summed E-state index contributed by atoms with van der Waals surface area (Å²) in [6.45, 7) is 13.1. The summed E-state index contributed by atoms with van der Waals surface area (Å²) in [5, 5.41) is 0. The maximum absolute atomic E-state index is 13.3. The number of hydrogen-bond donors (Lipinski definition) is 0. The zero-order chi connectivity index (χ0) is 35.2. The summed E-state index contributed by atoms with van der Waals surface area (Å²) in [4.78, 5) is 24.9. The standard InChI is InChI=1S/C27H38N4O2.C9H6F6/c1-5-7-14-30(6-2)21-12-15-31(16-13-21)24-19-23(22-11-9-8-10-20(22)3)25-26(28-24)33-18-17-29(4)27(25)32;1-5-2-6(8(10,11)12)4-7(3-5)9(13,14)15/h8-11,19,21H,5-7,12-18H2,1-4H3;2-4H,1H3. The first-order chi connectivity index (χ1) is 22.6. The van der Waals surface area contributed by atoms with Crippen molar-refractivity contribution in [1.82, 2.24) is 14.8 Å². The predicted molar refractivity (Wildman–Crippen MR) is 175 cm³/mol. The molecule has 12 heteroatoms. The molecule has 1 aromatic heterocycles. The van der Waals surface area contributed by atoms with E-state index in [0.717, 1.165) is 55.0 Å². The molecule has 1 amide bonds. The van der Waals surface area contributed by atoms with E-state index in [4.69, 9.17) is 9.72 Å². The first kappa shape index (κ1) is 37.0. The molecule has 1 fully saturated rings. The van der Waals surface area contributed by atoms with Crippen LogP contribution in [-0.4, -0.2) is 73.1 Å². The van der Waals surface area contributed by atoms with Crippen molar-refractivity contribution >= 4 is 11.7 Å². The Morgan fingerprint density at radius 1 is 0.896 bits per heavy atom. The normalized spacial score (nSPS) is 15.9. The quantitative estimate of drug-likeness (QED) is 0.234. The number of halogens is 6. The van der Waals surface area contributed by atoms with E-state index in [-0.39, 0.29) is 17.5 Å². The number of rotatable bonds is 7. The number of aryl methyl sites for hydroxylation is 2. The van der Waals surface area contributed by atoms with E-state index >= 15 is 0 Å². The number of piperidine rings is 1. The van der Waals surface area contributed by atoms with Crippen LogP contribution >= 0.6 is 0 Å². The van der Waals surface area contributed by atoms with Gasteiger partial charge in [0.05, 0.1) is 17.7 Å². The van der Waals surface area contributed by atoms with Gasteiger partial charge in [-0.05, 0) is 87.2 Å². The second-order valence-corrected chi connectivity index (χ2v) is 12.4. The van der Waals surface area contributed by atoms with Gasteiger partial charge in [0.25, 0.3) is 5.91 Å². The molecule has 6 nitrogen and oxygen atoms in total. The second kappa shape index (κ2) is 15.6. The molecule has 262 valence electrons. The third-order valence-electron chi connectivity index (χ3n) is 8.88. The third-order valence-corrected chi connectivity index (χ3v) is 8.88. The molecule has 2 aliphatic rings. The number of ether oxygens (including phenoxy) is 1. The van der Waals surface area contributed by atoms with Crippen molar-refractivity contribution in [2.24, 2.45) is 0 Å². The van der Waals surface area contributed by atoms with Crippen molar-refractivity contribution < 1.29 is 35.9 Å². The van der Waals surface area contributed by atoms with Gasteiger partial charge in [-0.25, -0.2) is 0 Å². The van der Waals surface area contributed by atoms with Gasteiger partial charge < -0.3 is 19.4 Å². The molecule has 2 aliphatic heterocycles. The number of carbonyl (C=O) groups excluding carboxylic acids is 1. The number of unbranched alkanes of at least 4 members (excludes halogenated alkanes) is 1. The molecule has 0 atom stereocenters. The van der Waals surface area contributed by atoms with Crippen molar-refractivity contribution in [3.8, 4) is 17.0 Å². The van der Waals surface area contributed by atoms with Gasteiger partial charge in [-0.1, -0.05) is 44.5 Å². The number of hydrogen-bond acceptors (Lipinski definition) is 5. The smallest absolute Gasteiger partial charge is 0.416 e. The van der Waals surface area contributed by atoms with Crippen LogP contribution in [0.1, 0.15) is 72.1 Å². The van der Waals surface area contributed by atoms with Gasteiger partial charge in [0, 0.05) is 31.7 Å². The fourth-order valence-corrected chi connectivity index (χ4v) is 6.17. The number of likely N-dealkylation sites (N-methyl/N-ethyl adjacent to an activating group) is 1. The van der Waals surface area contributed by atoms with Crippen LogP contribution in [0, 0.1) is 13.8 Å². The van der Waals surface area contributed by atoms with Crippen molar-refractivity contribution in [3.05, 3.63) is 76.3 Å². The third kappa shape index (κ3) is 9.00. The summed E-state index contributed by atoms with van der Waals surface area (Å²) in [6, 6.07) is 12.4. The summed E-state index contributed by atoms with van der Waals surface area (Å²) < 4.78 is 79.0. The monoisotopic (exact) mass is 678 g/mol. The average molecular weight is 679 g/mol. The number of benzene rings is 2. The minimum absolute atomic E-state index is 0.0203. The van der Waals surface area contributed by atoms with Crippen molar-refractivity contribution in [3.63, 3.8) is 0 Å². The zero-order valence-electron chi connectivity index (χ0n) is 28.1. The Morgan fingerprint density at radius 3 is 2.08 bits per heavy atom. The summed E-state index contributed by atoms with van der Waals surface area (Å²) in [6.07, 6.45) is -4.74. The molecule has 0 radical (unpaired) electrons. The molecule has 0 saturated carbocycles. The molecule has 0 unspecified atom stereocenters. The highest BCUT2D eigenvalue weighted by atomic mass is 19.4. The van der Waals surface area contributed by atoms with E-state index in [1.54, 1.807) is 4.90 Å². The number of aromatic nitrogens is 1. The predicted octanol–water partition coefficient (Wildman–Crippen LogP) is 8.64. The van der Waals surface area contributed by atoms with E-state index in [2.05, 4.69) is 48.8 Å². The highest BCUT2D eigenvalue weighted by Gasteiger charge is 2.36. The molecular formula is C36H44F6N4O2. The lowest BCUT2D eigenvalue weighted by Gasteiger charge is -2.39. The first-order valence-electron chi connectivity index (χ1n) is 16.4. The van der Waals surface area contributed by atoms with Crippen molar-refractivity contribution in [2.45, 2.75) is 71.8 Å². The van der Waals surface area contributed by atoms with Crippen LogP contribution in [-0.2, 0) is 12.4 Å². The van der Waals surface area contributed by atoms with Gasteiger partial charge in [0.2, 0.25) is 5.88 Å². The first-order valence-corrected chi connectivity index (χ1v) is 16.4. The SMILES string of the molecule is CCCCN(CC)C1CCN(c2cc(-c3ccccc3C)c3c(n2)OCCN(C)C3=O)CC1.Cc1cc(C(F)(F)F)cc(C(F)(F)F)c1. The minimum Gasteiger partial charge on any atom is -0.475 e. The molecule has 48 heavy (non-hydrogen) atoms. The van der Waals surface area contributed by atoms with Gasteiger partial charge >= 0.3 is 12.4 Å². The molecule has 3 heterocycles.